The minimum atomic E-state index is -0.273. The summed E-state index contributed by atoms with van der Waals surface area (Å²) in [5.74, 6) is 0.961. The van der Waals surface area contributed by atoms with Gasteiger partial charge in [0.15, 0.2) is 5.16 Å². The lowest BCUT2D eigenvalue weighted by Gasteiger charge is -2.33. The second-order valence-corrected chi connectivity index (χ2v) is 9.72. The van der Waals surface area contributed by atoms with Crippen LogP contribution in [0, 0.1) is 19.7 Å². The van der Waals surface area contributed by atoms with Crippen molar-refractivity contribution in [1.82, 2.24) is 24.8 Å². The summed E-state index contributed by atoms with van der Waals surface area (Å²) >= 11 is 1.44. The van der Waals surface area contributed by atoms with Crippen LogP contribution in [0.1, 0.15) is 35.8 Å². The Kier molecular flexibility index (Phi) is 6.32. The molecule has 1 fully saturated rings. The van der Waals surface area contributed by atoms with Crippen LogP contribution in [-0.2, 0) is 4.79 Å². The van der Waals surface area contributed by atoms with Crippen LogP contribution in [0.4, 0.5) is 4.39 Å². The van der Waals surface area contributed by atoms with Gasteiger partial charge >= 0.3 is 0 Å². The van der Waals surface area contributed by atoms with E-state index < -0.39 is 0 Å². The van der Waals surface area contributed by atoms with Crippen molar-refractivity contribution >= 4 is 28.7 Å². The molecule has 174 valence electrons. The number of nitrogens with zero attached hydrogens (tertiary/aromatic N) is 4. The van der Waals surface area contributed by atoms with Gasteiger partial charge in [0.05, 0.1) is 22.5 Å². The molecule has 4 aromatic rings. The van der Waals surface area contributed by atoms with Crippen LogP contribution < -0.4 is 0 Å². The summed E-state index contributed by atoms with van der Waals surface area (Å²) in [7, 11) is 0. The summed E-state index contributed by atoms with van der Waals surface area (Å²) in [5, 5.41) is 0.757. The molecule has 0 bridgehead atoms. The molecule has 1 amide bonds. The minimum Gasteiger partial charge on any atom is -0.341 e. The van der Waals surface area contributed by atoms with E-state index in [1.807, 2.05) is 37.1 Å². The first-order valence-corrected chi connectivity index (χ1v) is 12.4. The zero-order chi connectivity index (χ0) is 23.7. The van der Waals surface area contributed by atoms with E-state index in [4.69, 9.17) is 4.98 Å². The highest BCUT2D eigenvalue weighted by Gasteiger charge is 2.28. The van der Waals surface area contributed by atoms with Crippen LogP contribution >= 0.6 is 11.8 Å². The van der Waals surface area contributed by atoms with E-state index in [1.165, 1.54) is 29.5 Å². The fraction of sp³-hybridized carbons (Fsp3) is 0.308. The van der Waals surface area contributed by atoms with E-state index in [0.717, 1.165) is 52.4 Å². The van der Waals surface area contributed by atoms with Gasteiger partial charge in [-0.2, -0.15) is 0 Å². The monoisotopic (exact) mass is 475 g/mol. The van der Waals surface area contributed by atoms with E-state index >= 15 is 0 Å². The molecule has 8 heteroatoms. The van der Waals surface area contributed by atoms with E-state index in [9.17, 15) is 9.18 Å². The molecule has 34 heavy (non-hydrogen) atoms. The molecule has 2 aromatic heterocycles. The third-order valence-electron chi connectivity index (χ3n) is 6.20. The molecule has 1 aliphatic rings. The normalized spacial score (nSPS) is 16.2. The third kappa shape index (κ3) is 4.82. The molecule has 1 N–H and O–H groups in total. The van der Waals surface area contributed by atoms with Crippen molar-refractivity contribution in [2.24, 2.45) is 0 Å². The fourth-order valence-electron chi connectivity index (χ4n) is 4.47. The van der Waals surface area contributed by atoms with Crippen molar-refractivity contribution in [1.29, 1.82) is 0 Å². The standard InChI is InChI=1S/C26H26FN5OS/c1-16-5-10-22-23(12-16)31-26(30-22)34-15-24(33)32-11-3-4-19(14-32)25-21(13-28-17(2)29-25)18-6-8-20(27)9-7-18/h5-10,12-13,19H,3-4,11,14-15H2,1-2H3,(H,30,31). The predicted molar refractivity (Wildman–Crippen MR) is 132 cm³/mol. The van der Waals surface area contributed by atoms with Gasteiger partial charge in [0.25, 0.3) is 0 Å². The number of aryl methyl sites for hydroxylation is 2. The number of carbonyl (C=O) groups excluding carboxylic acids is 1. The number of aromatic amines is 1. The van der Waals surface area contributed by atoms with Gasteiger partial charge in [-0.15, -0.1) is 0 Å². The molecule has 1 aliphatic heterocycles. The van der Waals surface area contributed by atoms with Gasteiger partial charge in [-0.25, -0.2) is 19.3 Å². The quantitative estimate of drug-likeness (QED) is 0.398. The molecule has 1 atom stereocenters. The molecule has 1 unspecified atom stereocenters. The lowest BCUT2D eigenvalue weighted by molar-refractivity contribution is -0.129. The van der Waals surface area contributed by atoms with Crippen LogP contribution in [0.25, 0.3) is 22.2 Å². The molecule has 1 saturated heterocycles. The Balaban J connectivity index is 1.30. The largest absolute Gasteiger partial charge is 0.341 e. The smallest absolute Gasteiger partial charge is 0.233 e. The number of rotatable bonds is 5. The maximum absolute atomic E-state index is 13.5. The summed E-state index contributed by atoms with van der Waals surface area (Å²) in [4.78, 5) is 32.0. The number of piperidine rings is 1. The molecular weight excluding hydrogens is 449 g/mol. The van der Waals surface area contributed by atoms with Crippen molar-refractivity contribution < 1.29 is 9.18 Å². The fourth-order valence-corrected chi connectivity index (χ4v) is 5.26. The van der Waals surface area contributed by atoms with E-state index in [-0.39, 0.29) is 17.6 Å². The molecule has 6 nitrogen and oxygen atoms in total. The zero-order valence-corrected chi connectivity index (χ0v) is 20.0. The van der Waals surface area contributed by atoms with Crippen LogP contribution in [0.15, 0.2) is 53.8 Å². The number of benzene rings is 2. The SMILES string of the molecule is Cc1ccc2nc(SCC(=O)N3CCCC(c4nc(C)ncc4-c4ccc(F)cc4)C3)[nH]c2c1. The van der Waals surface area contributed by atoms with Crippen LogP contribution in [-0.4, -0.2) is 49.6 Å². The average Bonchev–Trinajstić information content (AvgIpc) is 3.25. The Morgan fingerprint density at radius 2 is 2.00 bits per heavy atom. The molecular formula is C26H26FN5OS. The number of imidazole rings is 1. The second kappa shape index (κ2) is 9.54. The van der Waals surface area contributed by atoms with Gasteiger partial charge in [-0.3, -0.25) is 4.79 Å². The predicted octanol–water partition coefficient (Wildman–Crippen LogP) is 5.27. The number of H-pyrrole nitrogens is 1. The number of hydrogen-bond acceptors (Lipinski definition) is 5. The maximum Gasteiger partial charge on any atom is 0.233 e. The summed E-state index contributed by atoms with van der Waals surface area (Å²) in [6.07, 6.45) is 3.67. The first kappa shape index (κ1) is 22.5. The van der Waals surface area contributed by atoms with Gasteiger partial charge in [-0.1, -0.05) is 30.0 Å². The highest BCUT2D eigenvalue weighted by Crippen LogP contribution is 2.33. The Morgan fingerprint density at radius 1 is 1.18 bits per heavy atom. The first-order chi connectivity index (χ1) is 16.5. The molecule has 2 aromatic carbocycles. The first-order valence-electron chi connectivity index (χ1n) is 11.4. The van der Waals surface area contributed by atoms with Crippen molar-refractivity contribution in [2.75, 3.05) is 18.8 Å². The average molecular weight is 476 g/mol. The number of aromatic nitrogens is 4. The molecule has 0 aliphatic carbocycles. The van der Waals surface area contributed by atoms with Gasteiger partial charge in [0.2, 0.25) is 5.91 Å². The molecule has 0 spiro atoms. The summed E-state index contributed by atoms with van der Waals surface area (Å²) in [6, 6.07) is 12.5. The van der Waals surface area contributed by atoms with Crippen molar-refractivity contribution in [2.45, 2.75) is 37.8 Å². The number of likely N-dealkylation sites (tertiary alicyclic amines) is 1. The second-order valence-electron chi connectivity index (χ2n) is 8.75. The molecule has 0 saturated carbocycles. The number of nitrogens with one attached hydrogen (secondary N) is 1. The Labute approximate surface area is 202 Å². The van der Waals surface area contributed by atoms with Crippen molar-refractivity contribution in [3.05, 3.63) is 71.6 Å². The van der Waals surface area contributed by atoms with Gasteiger partial charge < -0.3 is 9.88 Å². The summed E-state index contributed by atoms with van der Waals surface area (Å²) in [6.45, 7) is 5.27. The number of amides is 1. The molecule has 5 rings (SSSR count). The number of carbonyl (C=O) groups is 1. The maximum atomic E-state index is 13.5. The van der Waals surface area contributed by atoms with Gasteiger partial charge in [-0.05, 0) is 62.1 Å². The number of hydrogen-bond donors (Lipinski definition) is 1. The number of halogens is 1. The number of thioether (sulfide) groups is 1. The zero-order valence-electron chi connectivity index (χ0n) is 19.2. The Bertz CT molecular complexity index is 1340. The highest BCUT2D eigenvalue weighted by molar-refractivity contribution is 7.99. The van der Waals surface area contributed by atoms with Crippen molar-refractivity contribution in [3.63, 3.8) is 0 Å². The topological polar surface area (TPSA) is 74.8 Å². The highest BCUT2D eigenvalue weighted by atomic mass is 32.2. The van der Waals surface area contributed by atoms with Crippen LogP contribution in [0.5, 0.6) is 0 Å². The lowest BCUT2D eigenvalue weighted by Crippen LogP contribution is -2.40. The van der Waals surface area contributed by atoms with Crippen molar-refractivity contribution in [3.8, 4) is 11.1 Å². The van der Waals surface area contributed by atoms with E-state index in [1.54, 1.807) is 12.1 Å². The van der Waals surface area contributed by atoms with Gasteiger partial charge in [0, 0.05) is 30.8 Å². The van der Waals surface area contributed by atoms with E-state index in [2.05, 4.69) is 21.0 Å². The summed E-state index contributed by atoms with van der Waals surface area (Å²) < 4.78 is 13.5. The van der Waals surface area contributed by atoms with Gasteiger partial charge in [0.1, 0.15) is 11.6 Å². The molecule has 3 heterocycles. The third-order valence-corrected chi connectivity index (χ3v) is 7.06. The Morgan fingerprint density at radius 3 is 2.82 bits per heavy atom. The van der Waals surface area contributed by atoms with Crippen LogP contribution in [0.2, 0.25) is 0 Å². The van der Waals surface area contributed by atoms with Crippen LogP contribution in [0.3, 0.4) is 0 Å². The Hall–Kier alpha value is -3.26. The lowest BCUT2D eigenvalue weighted by atomic mass is 9.90. The van der Waals surface area contributed by atoms with E-state index in [0.29, 0.717) is 18.1 Å². The molecule has 0 radical (unpaired) electrons. The number of fused-ring (bicyclic) bond motifs is 1. The summed E-state index contributed by atoms with van der Waals surface area (Å²) in [5.41, 5.74) is 5.78. The minimum absolute atomic E-state index is 0.0976.